The Hall–Kier alpha value is -2.08. The van der Waals surface area contributed by atoms with Gasteiger partial charge in [0.15, 0.2) is 5.82 Å². The van der Waals surface area contributed by atoms with E-state index in [4.69, 9.17) is 0 Å². The van der Waals surface area contributed by atoms with Crippen molar-refractivity contribution in [2.24, 2.45) is 7.05 Å². The van der Waals surface area contributed by atoms with E-state index in [9.17, 15) is 9.90 Å². The van der Waals surface area contributed by atoms with Gasteiger partial charge in [-0.3, -0.25) is 4.68 Å². The van der Waals surface area contributed by atoms with E-state index in [1.165, 1.54) is 10.1 Å². The Morgan fingerprint density at radius 3 is 3.05 bits per heavy atom. The number of carboxylic acids is 1. The third kappa shape index (κ3) is 1.75. The van der Waals surface area contributed by atoms with Gasteiger partial charge in [-0.25, -0.2) is 4.79 Å². The smallest absolute Gasteiger partial charge is 0.326 e. The maximum atomic E-state index is 11.4. The van der Waals surface area contributed by atoms with Crippen molar-refractivity contribution in [3.05, 3.63) is 24.3 Å². The molecule has 1 N–H and O–H groups in total. The fourth-order valence-corrected chi connectivity index (χ4v) is 4.44. The maximum Gasteiger partial charge on any atom is 0.326 e. The molecule has 1 aromatic carbocycles. The van der Waals surface area contributed by atoms with Gasteiger partial charge < -0.3 is 10.0 Å². The molecule has 6 heteroatoms. The fourth-order valence-electron chi connectivity index (χ4n) is 3.21. The van der Waals surface area contributed by atoms with E-state index in [1.807, 2.05) is 28.8 Å². The summed E-state index contributed by atoms with van der Waals surface area (Å²) in [6, 6.07) is 7.80. The number of carboxylic acid groups (broad SMARTS) is 1. The van der Waals surface area contributed by atoms with Gasteiger partial charge >= 0.3 is 5.97 Å². The number of benzene rings is 1. The highest BCUT2D eigenvalue weighted by molar-refractivity contribution is 7.26. The lowest BCUT2D eigenvalue weighted by molar-refractivity contribution is -0.138. The Balaban J connectivity index is 1.95. The first kappa shape index (κ1) is 12.6. The van der Waals surface area contributed by atoms with Crippen LogP contribution in [0, 0.1) is 0 Å². The molecule has 21 heavy (non-hydrogen) atoms. The minimum atomic E-state index is -0.757. The number of aromatic nitrogens is 2. The van der Waals surface area contributed by atoms with Crippen LogP contribution in [0.1, 0.15) is 12.8 Å². The van der Waals surface area contributed by atoms with E-state index in [0.29, 0.717) is 6.42 Å². The number of aryl methyl sites for hydroxylation is 1. The molecule has 0 radical (unpaired) electrons. The first-order valence-electron chi connectivity index (χ1n) is 7.00. The number of aliphatic carboxylic acids is 1. The van der Waals surface area contributed by atoms with Crippen molar-refractivity contribution in [3.8, 4) is 0 Å². The van der Waals surface area contributed by atoms with E-state index < -0.39 is 12.0 Å². The summed E-state index contributed by atoms with van der Waals surface area (Å²) < 4.78 is 4.18. The zero-order valence-corrected chi connectivity index (χ0v) is 12.4. The Morgan fingerprint density at radius 1 is 1.43 bits per heavy atom. The molecule has 5 nitrogen and oxygen atoms in total. The summed E-state index contributed by atoms with van der Waals surface area (Å²) in [7, 11) is 1.93. The molecule has 1 atom stereocenters. The van der Waals surface area contributed by atoms with Crippen LogP contribution in [0.15, 0.2) is 24.3 Å². The quantitative estimate of drug-likeness (QED) is 0.791. The third-order valence-electron chi connectivity index (χ3n) is 4.15. The normalized spacial score (nSPS) is 18.9. The van der Waals surface area contributed by atoms with Crippen LogP contribution in [0.2, 0.25) is 0 Å². The van der Waals surface area contributed by atoms with Gasteiger partial charge in [-0.1, -0.05) is 18.2 Å². The molecule has 1 aliphatic heterocycles. The Morgan fingerprint density at radius 2 is 2.24 bits per heavy atom. The molecule has 108 valence electrons. The molecule has 1 aliphatic rings. The van der Waals surface area contributed by atoms with Crippen LogP contribution in [0.25, 0.3) is 20.3 Å². The van der Waals surface area contributed by atoms with Crippen LogP contribution in [0.3, 0.4) is 0 Å². The van der Waals surface area contributed by atoms with Gasteiger partial charge in [0.25, 0.3) is 0 Å². The van der Waals surface area contributed by atoms with E-state index in [1.54, 1.807) is 11.3 Å². The minimum Gasteiger partial charge on any atom is -0.480 e. The molecule has 1 saturated heterocycles. The summed E-state index contributed by atoms with van der Waals surface area (Å²) in [5, 5.41) is 15.2. The number of anilines is 1. The van der Waals surface area contributed by atoms with Gasteiger partial charge in [-0.2, -0.15) is 5.10 Å². The predicted octanol–water partition coefficient (Wildman–Crippen LogP) is 2.84. The molecule has 0 saturated carbocycles. The number of hydrogen-bond acceptors (Lipinski definition) is 4. The number of fused-ring (bicyclic) bond motifs is 3. The SMILES string of the molecule is Cn1nc(N2CCC[C@H]2C(=O)O)c2sc3ccccc3c21. The van der Waals surface area contributed by atoms with E-state index >= 15 is 0 Å². The standard InChI is InChI=1S/C15H15N3O2S/c1-17-12-9-5-2-3-7-11(9)21-13(12)14(16-17)18-8-4-6-10(18)15(19)20/h2-3,5,7,10H,4,6,8H2,1H3,(H,19,20)/t10-/m0/s1. The molecule has 0 aliphatic carbocycles. The van der Waals surface area contributed by atoms with Crippen molar-refractivity contribution in [1.29, 1.82) is 0 Å². The molecule has 3 aromatic rings. The summed E-state index contributed by atoms with van der Waals surface area (Å²) >= 11 is 1.69. The molecule has 3 heterocycles. The molecular weight excluding hydrogens is 286 g/mol. The average molecular weight is 301 g/mol. The Bertz CT molecular complexity index is 851. The van der Waals surface area contributed by atoms with Crippen LogP contribution in [-0.4, -0.2) is 33.4 Å². The molecular formula is C15H15N3O2S. The highest BCUT2D eigenvalue weighted by atomic mass is 32.1. The van der Waals surface area contributed by atoms with Crippen LogP contribution >= 0.6 is 11.3 Å². The summed E-state index contributed by atoms with van der Waals surface area (Å²) in [5.41, 5.74) is 1.10. The van der Waals surface area contributed by atoms with Gasteiger partial charge in [0.2, 0.25) is 0 Å². The van der Waals surface area contributed by atoms with Crippen molar-refractivity contribution in [2.45, 2.75) is 18.9 Å². The second kappa shape index (κ2) is 4.46. The number of nitrogens with zero attached hydrogens (tertiary/aromatic N) is 3. The van der Waals surface area contributed by atoms with Gasteiger partial charge in [0.05, 0.1) is 10.2 Å². The van der Waals surface area contributed by atoms with E-state index in [-0.39, 0.29) is 0 Å². The van der Waals surface area contributed by atoms with Crippen LogP contribution in [0.4, 0.5) is 5.82 Å². The largest absolute Gasteiger partial charge is 0.480 e. The predicted molar refractivity (Wildman–Crippen MR) is 84.1 cm³/mol. The molecule has 1 fully saturated rings. The van der Waals surface area contributed by atoms with Crippen LogP contribution in [0.5, 0.6) is 0 Å². The van der Waals surface area contributed by atoms with Gasteiger partial charge in [-0.05, 0) is 18.9 Å². The zero-order chi connectivity index (χ0) is 14.6. The first-order valence-corrected chi connectivity index (χ1v) is 7.82. The topological polar surface area (TPSA) is 58.4 Å². The van der Waals surface area contributed by atoms with Gasteiger partial charge in [-0.15, -0.1) is 11.3 Å². The Kier molecular flexibility index (Phi) is 2.68. The van der Waals surface area contributed by atoms with Crippen molar-refractivity contribution in [2.75, 3.05) is 11.4 Å². The minimum absolute atomic E-state index is 0.451. The summed E-state index contributed by atoms with van der Waals surface area (Å²) in [6.45, 7) is 0.761. The summed E-state index contributed by atoms with van der Waals surface area (Å²) in [5.74, 6) is 0.0611. The highest BCUT2D eigenvalue weighted by Gasteiger charge is 2.34. The van der Waals surface area contributed by atoms with Gasteiger partial charge in [0, 0.05) is 23.7 Å². The molecule has 0 unspecified atom stereocenters. The van der Waals surface area contributed by atoms with Crippen molar-refractivity contribution in [3.63, 3.8) is 0 Å². The number of rotatable bonds is 2. The van der Waals surface area contributed by atoms with E-state index in [2.05, 4.69) is 17.2 Å². The van der Waals surface area contributed by atoms with Crippen molar-refractivity contribution < 1.29 is 9.90 Å². The van der Waals surface area contributed by atoms with Crippen molar-refractivity contribution >= 4 is 43.4 Å². The summed E-state index contributed by atoms with van der Waals surface area (Å²) in [6.07, 6.45) is 1.60. The third-order valence-corrected chi connectivity index (χ3v) is 5.31. The van der Waals surface area contributed by atoms with Crippen molar-refractivity contribution in [1.82, 2.24) is 9.78 Å². The second-order valence-electron chi connectivity index (χ2n) is 5.41. The monoisotopic (exact) mass is 301 g/mol. The fraction of sp³-hybridized carbons (Fsp3) is 0.333. The molecule has 0 spiro atoms. The lowest BCUT2D eigenvalue weighted by atomic mass is 10.2. The van der Waals surface area contributed by atoms with E-state index in [0.717, 1.165) is 29.0 Å². The van der Waals surface area contributed by atoms with Gasteiger partial charge in [0.1, 0.15) is 6.04 Å². The number of carbonyl (C=O) groups is 1. The molecule has 2 aromatic heterocycles. The van der Waals surface area contributed by atoms with Crippen LogP contribution in [-0.2, 0) is 11.8 Å². The molecule has 0 amide bonds. The maximum absolute atomic E-state index is 11.4. The zero-order valence-electron chi connectivity index (χ0n) is 11.6. The lowest BCUT2D eigenvalue weighted by Gasteiger charge is -2.20. The molecule has 0 bridgehead atoms. The van der Waals surface area contributed by atoms with Crippen LogP contribution < -0.4 is 4.90 Å². The molecule has 4 rings (SSSR count). The second-order valence-corrected chi connectivity index (χ2v) is 6.47. The number of hydrogen-bond donors (Lipinski definition) is 1. The summed E-state index contributed by atoms with van der Waals surface area (Å²) in [4.78, 5) is 13.4. The Labute approximate surface area is 125 Å². The first-order chi connectivity index (χ1) is 10.2. The highest BCUT2D eigenvalue weighted by Crippen LogP contribution is 2.40. The number of thiophene rings is 1. The average Bonchev–Trinajstić information content (AvgIpc) is 3.13. The lowest BCUT2D eigenvalue weighted by Crippen LogP contribution is -2.36.